The predicted octanol–water partition coefficient (Wildman–Crippen LogP) is 1.25. The highest BCUT2D eigenvalue weighted by Gasteiger charge is 2.35. The van der Waals surface area contributed by atoms with Crippen molar-refractivity contribution in [3.63, 3.8) is 0 Å². The van der Waals surface area contributed by atoms with Crippen molar-refractivity contribution in [2.75, 3.05) is 45.9 Å². The Kier molecular flexibility index (Phi) is 5.37. The fraction of sp³-hybridized carbons (Fsp3) is 0.941. The maximum atomic E-state index is 12.5. The van der Waals surface area contributed by atoms with Crippen molar-refractivity contribution in [1.29, 1.82) is 0 Å². The van der Waals surface area contributed by atoms with Crippen LogP contribution in [0.25, 0.3) is 0 Å². The molecular weight excluding hydrogens is 280 g/mol. The van der Waals surface area contributed by atoms with Gasteiger partial charge in [0.15, 0.2) is 0 Å². The van der Waals surface area contributed by atoms with Gasteiger partial charge in [-0.15, -0.1) is 0 Å². The first-order valence-corrected chi connectivity index (χ1v) is 8.95. The van der Waals surface area contributed by atoms with E-state index >= 15 is 0 Å². The Morgan fingerprint density at radius 1 is 1.14 bits per heavy atom. The number of carbonyl (C=O) groups excluding carboxylic acids is 1. The number of rotatable bonds is 4. The van der Waals surface area contributed by atoms with Crippen LogP contribution in [0.1, 0.15) is 44.9 Å². The van der Waals surface area contributed by atoms with Crippen molar-refractivity contribution in [3.05, 3.63) is 0 Å². The predicted molar refractivity (Wildman–Crippen MR) is 84.6 cm³/mol. The summed E-state index contributed by atoms with van der Waals surface area (Å²) < 4.78 is 5.39. The van der Waals surface area contributed by atoms with Crippen molar-refractivity contribution in [2.24, 2.45) is 5.92 Å². The SMILES string of the molecule is O=C(CC1(O)CCCCC1)N1CCC(CN2CCOCC2)C1. The summed E-state index contributed by atoms with van der Waals surface area (Å²) in [5, 5.41) is 10.6. The van der Waals surface area contributed by atoms with Gasteiger partial charge in [0.2, 0.25) is 5.91 Å². The monoisotopic (exact) mass is 310 g/mol. The van der Waals surface area contributed by atoms with E-state index in [4.69, 9.17) is 4.74 Å². The van der Waals surface area contributed by atoms with Crippen LogP contribution in [0.4, 0.5) is 0 Å². The van der Waals surface area contributed by atoms with E-state index in [2.05, 4.69) is 4.90 Å². The first-order chi connectivity index (χ1) is 10.6. The van der Waals surface area contributed by atoms with E-state index < -0.39 is 5.60 Å². The molecule has 1 amide bonds. The Labute approximate surface area is 133 Å². The zero-order valence-corrected chi connectivity index (χ0v) is 13.6. The van der Waals surface area contributed by atoms with Gasteiger partial charge in [0.25, 0.3) is 0 Å². The van der Waals surface area contributed by atoms with Crippen molar-refractivity contribution in [1.82, 2.24) is 9.80 Å². The molecule has 3 rings (SSSR count). The molecule has 1 saturated carbocycles. The second-order valence-electron chi connectivity index (χ2n) is 7.37. The Hall–Kier alpha value is -0.650. The van der Waals surface area contributed by atoms with Crippen LogP contribution in [-0.4, -0.2) is 72.4 Å². The summed E-state index contributed by atoms with van der Waals surface area (Å²) in [5.74, 6) is 0.747. The molecule has 22 heavy (non-hydrogen) atoms. The minimum atomic E-state index is -0.725. The highest BCUT2D eigenvalue weighted by atomic mass is 16.5. The van der Waals surface area contributed by atoms with E-state index in [9.17, 15) is 9.90 Å². The minimum absolute atomic E-state index is 0.161. The first kappa shape index (κ1) is 16.2. The van der Waals surface area contributed by atoms with Crippen LogP contribution in [0, 0.1) is 5.92 Å². The molecule has 3 aliphatic rings. The lowest BCUT2D eigenvalue weighted by Gasteiger charge is -2.33. The molecular formula is C17H30N2O3. The maximum Gasteiger partial charge on any atom is 0.225 e. The molecule has 2 aliphatic heterocycles. The second-order valence-corrected chi connectivity index (χ2v) is 7.37. The molecule has 1 aliphatic carbocycles. The van der Waals surface area contributed by atoms with E-state index in [0.29, 0.717) is 12.3 Å². The maximum absolute atomic E-state index is 12.5. The van der Waals surface area contributed by atoms with E-state index in [1.54, 1.807) is 0 Å². The van der Waals surface area contributed by atoms with Gasteiger partial charge in [0, 0.05) is 32.7 Å². The van der Waals surface area contributed by atoms with Gasteiger partial charge in [-0.1, -0.05) is 19.3 Å². The van der Waals surface area contributed by atoms with Crippen molar-refractivity contribution in [2.45, 2.75) is 50.5 Å². The Morgan fingerprint density at radius 3 is 2.59 bits per heavy atom. The number of likely N-dealkylation sites (tertiary alicyclic amines) is 1. The highest BCUT2D eigenvalue weighted by Crippen LogP contribution is 2.32. The van der Waals surface area contributed by atoms with Crippen molar-refractivity contribution < 1.29 is 14.6 Å². The van der Waals surface area contributed by atoms with Gasteiger partial charge in [-0.05, 0) is 25.2 Å². The second kappa shape index (κ2) is 7.28. The summed E-state index contributed by atoms with van der Waals surface area (Å²) in [6.45, 7) is 6.52. The Bertz CT molecular complexity index is 376. The number of nitrogens with zero attached hydrogens (tertiary/aromatic N) is 2. The van der Waals surface area contributed by atoms with Crippen LogP contribution in [0.3, 0.4) is 0 Å². The van der Waals surface area contributed by atoms with Crippen LogP contribution >= 0.6 is 0 Å². The number of aliphatic hydroxyl groups is 1. The number of morpholine rings is 1. The molecule has 5 nitrogen and oxygen atoms in total. The van der Waals surface area contributed by atoms with Crippen LogP contribution in [-0.2, 0) is 9.53 Å². The molecule has 5 heteroatoms. The largest absolute Gasteiger partial charge is 0.389 e. The molecule has 0 aromatic rings. The zero-order valence-electron chi connectivity index (χ0n) is 13.6. The Balaban J connectivity index is 1.44. The van der Waals surface area contributed by atoms with Gasteiger partial charge in [-0.25, -0.2) is 0 Å². The fourth-order valence-corrected chi connectivity index (χ4v) is 4.14. The molecule has 1 atom stereocenters. The third-order valence-corrected chi connectivity index (χ3v) is 5.52. The smallest absolute Gasteiger partial charge is 0.225 e. The van der Waals surface area contributed by atoms with Crippen molar-refractivity contribution >= 4 is 5.91 Å². The third-order valence-electron chi connectivity index (χ3n) is 5.52. The lowest BCUT2D eigenvalue weighted by Crippen LogP contribution is -2.41. The molecule has 1 unspecified atom stereocenters. The van der Waals surface area contributed by atoms with Gasteiger partial charge < -0.3 is 14.7 Å². The first-order valence-electron chi connectivity index (χ1n) is 8.95. The fourth-order valence-electron chi connectivity index (χ4n) is 4.14. The van der Waals surface area contributed by atoms with Gasteiger partial charge in [0.05, 0.1) is 25.2 Å². The number of hydrogen-bond donors (Lipinski definition) is 1. The molecule has 0 aromatic heterocycles. The lowest BCUT2D eigenvalue weighted by molar-refractivity contribution is -0.136. The van der Waals surface area contributed by atoms with Gasteiger partial charge in [-0.3, -0.25) is 9.69 Å². The van der Waals surface area contributed by atoms with Crippen molar-refractivity contribution in [3.8, 4) is 0 Å². The molecule has 2 heterocycles. The van der Waals surface area contributed by atoms with Crippen LogP contribution in [0.15, 0.2) is 0 Å². The highest BCUT2D eigenvalue weighted by molar-refractivity contribution is 5.77. The molecule has 0 radical (unpaired) electrons. The van der Waals surface area contributed by atoms with E-state index in [-0.39, 0.29) is 5.91 Å². The number of hydrogen-bond acceptors (Lipinski definition) is 4. The van der Waals surface area contributed by atoms with E-state index in [0.717, 1.165) is 78.0 Å². The molecule has 0 bridgehead atoms. The molecule has 3 fully saturated rings. The summed E-state index contributed by atoms with van der Waals surface area (Å²) in [6.07, 6.45) is 6.33. The van der Waals surface area contributed by atoms with Crippen LogP contribution in [0.5, 0.6) is 0 Å². The average molecular weight is 310 g/mol. The van der Waals surface area contributed by atoms with Crippen LogP contribution in [0.2, 0.25) is 0 Å². The van der Waals surface area contributed by atoms with E-state index in [1.165, 1.54) is 6.42 Å². The van der Waals surface area contributed by atoms with Crippen LogP contribution < -0.4 is 0 Å². The molecule has 0 aromatic carbocycles. The molecule has 0 spiro atoms. The van der Waals surface area contributed by atoms with Gasteiger partial charge in [0.1, 0.15) is 0 Å². The lowest BCUT2D eigenvalue weighted by atomic mass is 9.82. The molecule has 2 saturated heterocycles. The number of carbonyl (C=O) groups is 1. The van der Waals surface area contributed by atoms with E-state index in [1.807, 2.05) is 4.90 Å². The van der Waals surface area contributed by atoms with Gasteiger partial charge in [-0.2, -0.15) is 0 Å². The number of ether oxygens (including phenoxy) is 1. The number of amides is 1. The summed E-state index contributed by atoms with van der Waals surface area (Å²) in [6, 6.07) is 0. The normalized spacial score (nSPS) is 29.7. The topological polar surface area (TPSA) is 53.0 Å². The summed E-state index contributed by atoms with van der Waals surface area (Å²) in [4.78, 5) is 16.9. The summed E-state index contributed by atoms with van der Waals surface area (Å²) >= 11 is 0. The molecule has 1 N–H and O–H groups in total. The quantitative estimate of drug-likeness (QED) is 0.849. The summed E-state index contributed by atoms with van der Waals surface area (Å²) in [5.41, 5.74) is -0.725. The summed E-state index contributed by atoms with van der Waals surface area (Å²) in [7, 11) is 0. The molecule has 126 valence electrons. The standard InChI is InChI=1S/C17H30N2O3/c20-16(12-17(21)5-2-1-3-6-17)19-7-4-15(14-19)13-18-8-10-22-11-9-18/h15,21H,1-14H2. The Morgan fingerprint density at radius 2 is 1.86 bits per heavy atom. The average Bonchev–Trinajstić information content (AvgIpc) is 2.97. The third kappa shape index (κ3) is 4.21. The minimum Gasteiger partial charge on any atom is -0.389 e. The zero-order chi connectivity index (χ0) is 15.4. The van der Waals surface area contributed by atoms with Gasteiger partial charge >= 0.3 is 0 Å².